The quantitative estimate of drug-likeness (QED) is 0.378. The van der Waals surface area contributed by atoms with Crippen LogP contribution in [0.15, 0.2) is 27.8 Å². The number of benzene rings is 1. The summed E-state index contributed by atoms with van der Waals surface area (Å²) in [5.41, 5.74) is 6.25. The highest BCUT2D eigenvalue weighted by molar-refractivity contribution is 9.10. The highest BCUT2D eigenvalue weighted by Gasteiger charge is 2.25. The van der Waals surface area contributed by atoms with Gasteiger partial charge in [-0.1, -0.05) is 18.5 Å². The minimum atomic E-state index is 0.0985. The molecular formula is C15H21BrN2O2. The summed E-state index contributed by atoms with van der Waals surface area (Å²) in [7, 11) is 0. The van der Waals surface area contributed by atoms with Crippen molar-refractivity contribution < 1.29 is 9.94 Å². The number of hydrogen-bond acceptors (Lipinski definition) is 3. The van der Waals surface area contributed by atoms with Crippen molar-refractivity contribution in [2.45, 2.75) is 45.1 Å². The molecule has 0 heterocycles. The summed E-state index contributed by atoms with van der Waals surface area (Å²) in [6.07, 6.45) is 6.36. The van der Waals surface area contributed by atoms with Crippen LogP contribution in [0.4, 0.5) is 0 Å². The number of ether oxygens (including phenoxy) is 1. The molecule has 1 fully saturated rings. The second-order valence-corrected chi connectivity index (χ2v) is 6.09. The van der Waals surface area contributed by atoms with E-state index in [0.29, 0.717) is 17.6 Å². The van der Waals surface area contributed by atoms with Gasteiger partial charge in [0.25, 0.3) is 0 Å². The number of rotatable bonds is 4. The predicted molar refractivity (Wildman–Crippen MR) is 83.3 cm³/mol. The first-order chi connectivity index (χ1) is 9.65. The Kier molecular flexibility index (Phi) is 5.29. The summed E-state index contributed by atoms with van der Waals surface area (Å²) in [4.78, 5) is 0. The molecular weight excluding hydrogens is 320 g/mol. The lowest BCUT2D eigenvalue weighted by molar-refractivity contribution is 0.0896. The van der Waals surface area contributed by atoms with Gasteiger partial charge in [0.1, 0.15) is 11.9 Å². The van der Waals surface area contributed by atoms with Crippen molar-refractivity contribution in [3.05, 3.63) is 28.2 Å². The van der Waals surface area contributed by atoms with Crippen LogP contribution in [-0.4, -0.2) is 17.1 Å². The van der Waals surface area contributed by atoms with Gasteiger partial charge in [0.15, 0.2) is 5.84 Å². The monoisotopic (exact) mass is 340 g/mol. The van der Waals surface area contributed by atoms with Crippen LogP contribution >= 0.6 is 15.9 Å². The Morgan fingerprint density at radius 1 is 1.45 bits per heavy atom. The number of amidine groups is 1. The van der Waals surface area contributed by atoms with Crippen LogP contribution in [0, 0.1) is 5.92 Å². The first kappa shape index (κ1) is 15.2. The molecule has 0 saturated heterocycles. The van der Waals surface area contributed by atoms with E-state index in [-0.39, 0.29) is 5.84 Å². The molecule has 1 saturated carbocycles. The third kappa shape index (κ3) is 3.45. The second kappa shape index (κ2) is 6.97. The summed E-state index contributed by atoms with van der Waals surface area (Å²) < 4.78 is 7.00. The molecule has 0 radical (unpaired) electrons. The van der Waals surface area contributed by atoms with Gasteiger partial charge in [-0.2, -0.15) is 0 Å². The van der Waals surface area contributed by atoms with Crippen molar-refractivity contribution in [1.82, 2.24) is 0 Å². The van der Waals surface area contributed by atoms with Crippen molar-refractivity contribution in [3.63, 3.8) is 0 Å². The lowest BCUT2D eigenvalue weighted by Gasteiger charge is -2.31. The van der Waals surface area contributed by atoms with Crippen LogP contribution in [-0.2, 0) is 0 Å². The molecule has 1 aliphatic rings. The molecule has 20 heavy (non-hydrogen) atoms. The highest BCUT2D eigenvalue weighted by Crippen LogP contribution is 2.33. The molecule has 0 aliphatic heterocycles. The summed E-state index contributed by atoms with van der Waals surface area (Å²) in [5, 5.41) is 11.7. The minimum Gasteiger partial charge on any atom is -0.489 e. The standard InChI is InChI=1S/C15H21BrN2O2/c1-2-10-5-3-4-6-13(10)20-14-8-7-11(9-12(14)16)15(17)18-19/h7-10,13,19H,2-6H2,1H3,(H2,17,18). The van der Waals surface area contributed by atoms with Crippen LogP contribution in [0.2, 0.25) is 0 Å². The molecule has 1 aromatic rings. The summed E-state index contributed by atoms with van der Waals surface area (Å²) >= 11 is 3.50. The smallest absolute Gasteiger partial charge is 0.170 e. The zero-order valence-corrected chi connectivity index (χ0v) is 13.3. The van der Waals surface area contributed by atoms with Gasteiger partial charge < -0.3 is 15.7 Å². The van der Waals surface area contributed by atoms with Gasteiger partial charge in [0.2, 0.25) is 0 Å². The van der Waals surface area contributed by atoms with Gasteiger partial charge in [-0.15, -0.1) is 0 Å². The number of hydrogen-bond donors (Lipinski definition) is 2. The fourth-order valence-corrected chi connectivity index (χ4v) is 3.24. The lowest BCUT2D eigenvalue weighted by Crippen LogP contribution is -2.30. The molecule has 110 valence electrons. The Morgan fingerprint density at radius 2 is 2.20 bits per heavy atom. The number of nitrogens with zero attached hydrogens (tertiary/aromatic N) is 1. The highest BCUT2D eigenvalue weighted by atomic mass is 79.9. The Bertz CT molecular complexity index is 491. The SMILES string of the molecule is CCC1CCCCC1Oc1ccc(/C(N)=N/O)cc1Br. The Labute approximate surface area is 128 Å². The molecule has 0 bridgehead atoms. The average Bonchev–Trinajstić information content (AvgIpc) is 2.49. The number of oxime groups is 1. The van der Waals surface area contributed by atoms with E-state index in [1.165, 1.54) is 19.3 Å². The van der Waals surface area contributed by atoms with Gasteiger partial charge in [0, 0.05) is 5.56 Å². The van der Waals surface area contributed by atoms with E-state index < -0.39 is 0 Å². The molecule has 0 spiro atoms. The third-order valence-corrected chi connectivity index (χ3v) is 4.60. The fourth-order valence-electron chi connectivity index (χ4n) is 2.77. The fraction of sp³-hybridized carbons (Fsp3) is 0.533. The van der Waals surface area contributed by atoms with Gasteiger partial charge in [-0.25, -0.2) is 0 Å². The van der Waals surface area contributed by atoms with E-state index in [1.54, 1.807) is 6.07 Å². The van der Waals surface area contributed by atoms with Crippen LogP contribution in [0.3, 0.4) is 0 Å². The van der Waals surface area contributed by atoms with E-state index in [0.717, 1.165) is 23.1 Å². The molecule has 4 nitrogen and oxygen atoms in total. The number of halogens is 1. The summed E-state index contributed by atoms with van der Waals surface area (Å²) in [5.74, 6) is 1.56. The normalized spacial score (nSPS) is 23.6. The molecule has 1 aliphatic carbocycles. The summed E-state index contributed by atoms with van der Waals surface area (Å²) in [6.45, 7) is 2.23. The van der Waals surface area contributed by atoms with E-state index in [1.807, 2.05) is 12.1 Å². The van der Waals surface area contributed by atoms with E-state index in [9.17, 15) is 0 Å². The van der Waals surface area contributed by atoms with Gasteiger partial charge in [-0.05, 0) is 65.7 Å². The maximum atomic E-state index is 8.69. The maximum Gasteiger partial charge on any atom is 0.170 e. The molecule has 0 aromatic heterocycles. The van der Waals surface area contributed by atoms with Crippen molar-refractivity contribution in [2.75, 3.05) is 0 Å². The van der Waals surface area contributed by atoms with E-state index in [2.05, 4.69) is 28.0 Å². The molecule has 5 heteroatoms. The number of nitrogens with two attached hydrogens (primary N) is 1. The van der Waals surface area contributed by atoms with Crippen LogP contribution in [0.5, 0.6) is 5.75 Å². The van der Waals surface area contributed by atoms with Gasteiger partial charge in [-0.3, -0.25) is 0 Å². The molecule has 2 rings (SSSR count). The Hall–Kier alpha value is -1.23. The van der Waals surface area contributed by atoms with E-state index in [4.69, 9.17) is 15.7 Å². The topological polar surface area (TPSA) is 67.8 Å². The van der Waals surface area contributed by atoms with Gasteiger partial charge in [0.05, 0.1) is 4.47 Å². The zero-order valence-electron chi connectivity index (χ0n) is 11.7. The van der Waals surface area contributed by atoms with Crippen molar-refractivity contribution >= 4 is 21.8 Å². The third-order valence-electron chi connectivity index (χ3n) is 3.98. The predicted octanol–water partition coefficient (Wildman–Crippen LogP) is 3.89. The van der Waals surface area contributed by atoms with Crippen LogP contribution in [0.1, 0.15) is 44.6 Å². The minimum absolute atomic E-state index is 0.0985. The molecule has 3 N–H and O–H groups in total. The first-order valence-electron chi connectivity index (χ1n) is 7.09. The molecule has 1 aromatic carbocycles. The molecule has 0 amide bonds. The second-order valence-electron chi connectivity index (χ2n) is 5.24. The molecule has 2 unspecified atom stereocenters. The zero-order chi connectivity index (χ0) is 14.5. The summed E-state index contributed by atoms with van der Waals surface area (Å²) in [6, 6.07) is 5.49. The van der Waals surface area contributed by atoms with Crippen molar-refractivity contribution in [2.24, 2.45) is 16.8 Å². The molecule has 2 atom stereocenters. The van der Waals surface area contributed by atoms with E-state index >= 15 is 0 Å². The van der Waals surface area contributed by atoms with Crippen LogP contribution in [0.25, 0.3) is 0 Å². The maximum absolute atomic E-state index is 8.69. The van der Waals surface area contributed by atoms with Crippen molar-refractivity contribution in [1.29, 1.82) is 0 Å². The first-order valence-corrected chi connectivity index (χ1v) is 7.89. The Balaban J connectivity index is 2.13. The van der Waals surface area contributed by atoms with Crippen molar-refractivity contribution in [3.8, 4) is 5.75 Å². The lowest BCUT2D eigenvalue weighted by atomic mass is 9.85. The van der Waals surface area contributed by atoms with Gasteiger partial charge >= 0.3 is 0 Å². The van der Waals surface area contributed by atoms with Crippen LogP contribution < -0.4 is 10.5 Å². The average molecular weight is 341 g/mol. The Morgan fingerprint density at radius 3 is 2.85 bits per heavy atom. The largest absolute Gasteiger partial charge is 0.489 e.